The lowest BCUT2D eigenvalue weighted by Crippen LogP contribution is -2.08. The number of rotatable bonds is 3. The number of benzene rings is 1. The lowest BCUT2D eigenvalue weighted by atomic mass is 10.2. The van der Waals surface area contributed by atoms with Gasteiger partial charge in [0.25, 0.3) is 0 Å². The van der Waals surface area contributed by atoms with Crippen LogP contribution in [0.2, 0.25) is 0 Å². The Hall–Kier alpha value is -2.23. The van der Waals surface area contributed by atoms with Gasteiger partial charge in [0.1, 0.15) is 5.82 Å². The van der Waals surface area contributed by atoms with E-state index in [1.165, 1.54) is 0 Å². The van der Waals surface area contributed by atoms with Crippen LogP contribution in [0.5, 0.6) is 0 Å². The Balaban J connectivity index is 2.21. The van der Waals surface area contributed by atoms with Crippen molar-refractivity contribution < 1.29 is 0 Å². The minimum absolute atomic E-state index is 0.700. The third-order valence-corrected chi connectivity index (χ3v) is 2.42. The highest BCUT2D eigenvalue weighted by molar-refractivity contribution is 5.64. The SMILES string of the molecule is CN(C)c1cccc(Nc2cc(N)ccn2)c1. The second-order valence-electron chi connectivity index (χ2n) is 4.04. The average Bonchev–Trinajstić information content (AvgIpc) is 2.29. The van der Waals surface area contributed by atoms with Gasteiger partial charge in [-0.1, -0.05) is 6.07 Å². The molecule has 0 fully saturated rings. The zero-order valence-corrected chi connectivity index (χ0v) is 10.0. The van der Waals surface area contributed by atoms with E-state index in [4.69, 9.17) is 5.73 Å². The number of nitrogen functional groups attached to an aromatic ring is 1. The first-order valence-electron chi connectivity index (χ1n) is 5.41. The summed E-state index contributed by atoms with van der Waals surface area (Å²) in [6.07, 6.45) is 1.69. The summed E-state index contributed by atoms with van der Waals surface area (Å²) in [5.74, 6) is 0.751. The van der Waals surface area contributed by atoms with Gasteiger partial charge >= 0.3 is 0 Å². The van der Waals surface area contributed by atoms with E-state index in [0.717, 1.165) is 17.2 Å². The van der Waals surface area contributed by atoms with Crippen molar-refractivity contribution in [2.75, 3.05) is 30.0 Å². The maximum atomic E-state index is 5.70. The van der Waals surface area contributed by atoms with E-state index in [1.807, 2.05) is 32.3 Å². The molecule has 0 unspecified atom stereocenters. The fraction of sp³-hybridized carbons (Fsp3) is 0.154. The molecule has 0 aliphatic rings. The van der Waals surface area contributed by atoms with Crippen LogP contribution >= 0.6 is 0 Å². The maximum absolute atomic E-state index is 5.70. The summed E-state index contributed by atoms with van der Waals surface area (Å²) in [6, 6.07) is 11.7. The van der Waals surface area contributed by atoms with Gasteiger partial charge in [0.05, 0.1) is 0 Å². The Labute approximate surface area is 101 Å². The smallest absolute Gasteiger partial charge is 0.132 e. The van der Waals surface area contributed by atoms with Crippen molar-refractivity contribution in [3.63, 3.8) is 0 Å². The van der Waals surface area contributed by atoms with Gasteiger partial charge in [-0.15, -0.1) is 0 Å². The summed E-state index contributed by atoms with van der Waals surface area (Å²) in [5.41, 5.74) is 8.53. The molecule has 0 amide bonds. The van der Waals surface area contributed by atoms with Crippen LogP contribution in [-0.2, 0) is 0 Å². The number of anilines is 4. The van der Waals surface area contributed by atoms with Crippen LogP contribution in [0.15, 0.2) is 42.6 Å². The van der Waals surface area contributed by atoms with Crippen molar-refractivity contribution in [1.82, 2.24) is 4.98 Å². The molecule has 0 bridgehead atoms. The van der Waals surface area contributed by atoms with E-state index in [9.17, 15) is 0 Å². The number of nitrogens with two attached hydrogens (primary N) is 1. The highest BCUT2D eigenvalue weighted by Gasteiger charge is 1.99. The van der Waals surface area contributed by atoms with Crippen LogP contribution in [0.1, 0.15) is 0 Å². The van der Waals surface area contributed by atoms with Crippen LogP contribution in [-0.4, -0.2) is 19.1 Å². The van der Waals surface area contributed by atoms with Crippen molar-refractivity contribution in [1.29, 1.82) is 0 Å². The molecule has 0 radical (unpaired) electrons. The molecule has 0 saturated heterocycles. The van der Waals surface area contributed by atoms with Crippen LogP contribution in [0.25, 0.3) is 0 Å². The highest BCUT2D eigenvalue weighted by atomic mass is 15.1. The maximum Gasteiger partial charge on any atom is 0.132 e. The van der Waals surface area contributed by atoms with Gasteiger partial charge in [-0.2, -0.15) is 0 Å². The minimum Gasteiger partial charge on any atom is -0.399 e. The van der Waals surface area contributed by atoms with E-state index in [-0.39, 0.29) is 0 Å². The number of hydrogen-bond acceptors (Lipinski definition) is 4. The molecule has 2 aromatic rings. The number of pyridine rings is 1. The second kappa shape index (κ2) is 4.74. The largest absolute Gasteiger partial charge is 0.399 e. The van der Waals surface area contributed by atoms with Crippen molar-refractivity contribution in [2.24, 2.45) is 0 Å². The summed E-state index contributed by atoms with van der Waals surface area (Å²) >= 11 is 0. The second-order valence-corrected chi connectivity index (χ2v) is 4.04. The molecule has 0 aliphatic carbocycles. The van der Waals surface area contributed by atoms with Crippen LogP contribution in [0.3, 0.4) is 0 Å². The van der Waals surface area contributed by atoms with Crippen molar-refractivity contribution in [3.8, 4) is 0 Å². The molecule has 0 atom stereocenters. The Morgan fingerprint density at radius 1 is 1.18 bits per heavy atom. The van der Waals surface area contributed by atoms with Gasteiger partial charge in [-0.25, -0.2) is 4.98 Å². The molecule has 1 aromatic heterocycles. The Morgan fingerprint density at radius 3 is 2.71 bits per heavy atom. The van der Waals surface area contributed by atoms with E-state index in [0.29, 0.717) is 5.69 Å². The van der Waals surface area contributed by atoms with E-state index in [1.54, 1.807) is 12.3 Å². The number of nitrogens with one attached hydrogen (secondary N) is 1. The molecule has 3 N–H and O–H groups in total. The Bertz CT molecular complexity index is 508. The molecule has 0 aliphatic heterocycles. The molecule has 4 heteroatoms. The molecule has 17 heavy (non-hydrogen) atoms. The number of aromatic nitrogens is 1. The first kappa shape index (κ1) is 11.3. The predicted molar refractivity (Wildman–Crippen MR) is 72.7 cm³/mol. The normalized spacial score (nSPS) is 10.0. The van der Waals surface area contributed by atoms with Gasteiger partial charge in [0, 0.05) is 43.4 Å². The zero-order valence-electron chi connectivity index (χ0n) is 10.0. The van der Waals surface area contributed by atoms with Gasteiger partial charge in [-0.3, -0.25) is 0 Å². The summed E-state index contributed by atoms with van der Waals surface area (Å²) < 4.78 is 0. The van der Waals surface area contributed by atoms with Crippen molar-refractivity contribution >= 4 is 22.9 Å². The topological polar surface area (TPSA) is 54.2 Å². The third-order valence-electron chi connectivity index (χ3n) is 2.42. The molecular formula is C13H16N4. The summed E-state index contributed by atoms with van der Waals surface area (Å²) in [6.45, 7) is 0. The minimum atomic E-state index is 0.700. The predicted octanol–water partition coefficient (Wildman–Crippen LogP) is 2.47. The van der Waals surface area contributed by atoms with Gasteiger partial charge < -0.3 is 16.0 Å². The molecule has 1 heterocycles. The fourth-order valence-electron chi connectivity index (χ4n) is 1.52. The average molecular weight is 228 g/mol. The summed E-state index contributed by atoms with van der Waals surface area (Å²) in [5, 5.41) is 3.22. The number of nitrogens with zero attached hydrogens (tertiary/aromatic N) is 2. The summed E-state index contributed by atoms with van der Waals surface area (Å²) in [4.78, 5) is 6.26. The molecule has 4 nitrogen and oxygen atoms in total. The van der Waals surface area contributed by atoms with Crippen LogP contribution < -0.4 is 16.0 Å². The van der Waals surface area contributed by atoms with E-state index in [2.05, 4.69) is 27.3 Å². The van der Waals surface area contributed by atoms with Crippen LogP contribution in [0.4, 0.5) is 22.9 Å². The highest BCUT2D eigenvalue weighted by Crippen LogP contribution is 2.21. The molecule has 1 aromatic carbocycles. The molecule has 0 spiro atoms. The third kappa shape index (κ3) is 2.87. The fourth-order valence-corrected chi connectivity index (χ4v) is 1.52. The van der Waals surface area contributed by atoms with Gasteiger partial charge in [-0.05, 0) is 24.3 Å². The summed E-state index contributed by atoms with van der Waals surface area (Å²) in [7, 11) is 4.02. The lowest BCUT2D eigenvalue weighted by Gasteiger charge is -2.14. The van der Waals surface area contributed by atoms with Gasteiger partial charge in [0.15, 0.2) is 0 Å². The van der Waals surface area contributed by atoms with Crippen LogP contribution in [0, 0.1) is 0 Å². The number of hydrogen-bond donors (Lipinski definition) is 2. The van der Waals surface area contributed by atoms with Crippen molar-refractivity contribution in [2.45, 2.75) is 0 Å². The molecule has 2 rings (SSSR count). The standard InChI is InChI=1S/C13H16N4/c1-17(2)12-5-3-4-11(9-12)16-13-8-10(14)6-7-15-13/h3-9H,1-2H3,(H3,14,15,16). The van der Waals surface area contributed by atoms with Crippen molar-refractivity contribution in [3.05, 3.63) is 42.6 Å². The lowest BCUT2D eigenvalue weighted by molar-refractivity contribution is 1.13. The quantitative estimate of drug-likeness (QED) is 0.847. The zero-order chi connectivity index (χ0) is 12.3. The van der Waals surface area contributed by atoms with E-state index < -0.39 is 0 Å². The van der Waals surface area contributed by atoms with Gasteiger partial charge in [0.2, 0.25) is 0 Å². The molecule has 0 saturated carbocycles. The first-order valence-corrected chi connectivity index (χ1v) is 5.41. The van der Waals surface area contributed by atoms with E-state index >= 15 is 0 Å². The molecule has 88 valence electrons. The monoisotopic (exact) mass is 228 g/mol. The Kier molecular flexibility index (Phi) is 3.14. The first-order chi connectivity index (χ1) is 8.15. The Morgan fingerprint density at radius 2 is 2.00 bits per heavy atom. The molecular weight excluding hydrogens is 212 g/mol.